The number of carbonyl (C=O) groups is 1. The molecule has 1 aliphatic carbocycles. The highest BCUT2D eigenvalue weighted by molar-refractivity contribution is 9.10. The summed E-state index contributed by atoms with van der Waals surface area (Å²) in [5.74, 6) is 0.900. The lowest BCUT2D eigenvalue weighted by atomic mass is 10.1. The van der Waals surface area contributed by atoms with Gasteiger partial charge in [0, 0.05) is 24.5 Å². The molecule has 0 aromatic heterocycles. The first kappa shape index (κ1) is 10.7. The fourth-order valence-corrected chi connectivity index (χ4v) is 2.14. The summed E-state index contributed by atoms with van der Waals surface area (Å²) in [6.07, 6.45) is 0.999. The Morgan fingerprint density at radius 2 is 1.93 bits per heavy atom. The average Bonchev–Trinajstić information content (AvgIpc) is 2.97. The number of nitrogens with zero attached hydrogens (tertiary/aromatic N) is 1. The summed E-state index contributed by atoms with van der Waals surface area (Å²) in [5, 5.41) is 0. The van der Waals surface area contributed by atoms with E-state index in [0.717, 1.165) is 10.9 Å². The second kappa shape index (κ2) is 3.97. The summed E-state index contributed by atoms with van der Waals surface area (Å²) in [6.45, 7) is 0. The highest BCUT2D eigenvalue weighted by Gasteiger charge is 2.44. The maximum Gasteiger partial charge on any atom is 0.225 e. The molecule has 80 valence electrons. The lowest BCUT2D eigenvalue weighted by molar-refractivity contribution is -0.130. The van der Waals surface area contributed by atoms with Crippen molar-refractivity contribution in [3.05, 3.63) is 34.3 Å². The number of amides is 1. The van der Waals surface area contributed by atoms with Crippen molar-refractivity contribution in [2.75, 3.05) is 14.1 Å². The van der Waals surface area contributed by atoms with Gasteiger partial charge < -0.3 is 4.90 Å². The van der Waals surface area contributed by atoms with Gasteiger partial charge in [-0.1, -0.05) is 28.1 Å². The van der Waals surface area contributed by atoms with Crippen LogP contribution in [0, 0.1) is 5.92 Å². The van der Waals surface area contributed by atoms with Crippen LogP contribution < -0.4 is 0 Å². The monoisotopic (exact) mass is 267 g/mol. The van der Waals surface area contributed by atoms with Crippen LogP contribution in [0.15, 0.2) is 28.7 Å². The summed E-state index contributed by atoms with van der Waals surface area (Å²) >= 11 is 3.41. The molecule has 1 saturated carbocycles. The predicted octanol–water partition coefficient (Wildman–Crippen LogP) is 2.64. The van der Waals surface area contributed by atoms with E-state index in [1.807, 2.05) is 26.2 Å². The molecule has 1 aromatic carbocycles. The molecule has 2 nitrogen and oxygen atoms in total. The van der Waals surface area contributed by atoms with E-state index in [0.29, 0.717) is 5.92 Å². The van der Waals surface area contributed by atoms with Gasteiger partial charge in [0.15, 0.2) is 0 Å². The Balaban J connectivity index is 2.05. The van der Waals surface area contributed by atoms with Gasteiger partial charge in [-0.25, -0.2) is 0 Å². The van der Waals surface area contributed by atoms with E-state index in [2.05, 4.69) is 28.1 Å². The Labute approximate surface area is 98.4 Å². The third-order valence-corrected chi connectivity index (χ3v) is 3.38. The molecule has 0 unspecified atom stereocenters. The van der Waals surface area contributed by atoms with Gasteiger partial charge in [-0.05, 0) is 30.0 Å². The number of hydrogen-bond acceptors (Lipinski definition) is 1. The summed E-state index contributed by atoms with van der Waals surface area (Å²) < 4.78 is 1.09. The zero-order chi connectivity index (χ0) is 11.0. The molecular formula is C12H14BrNO. The van der Waals surface area contributed by atoms with Gasteiger partial charge in [-0.2, -0.15) is 0 Å². The van der Waals surface area contributed by atoms with E-state index in [9.17, 15) is 4.79 Å². The maximum atomic E-state index is 11.7. The van der Waals surface area contributed by atoms with Crippen LogP contribution in [0.25, 0.3) is 0 Å². The van der Waals surface area contributed by atoms with Gasteiger partial charge in [0.2, 0.25) is 5.91 Å². The highest BCUT2D eigenvalue weighted by atomic mass is 79.9. The Morgan fingerprint density at radius 3 is 2.47 bits per heavy atom. The van der Waals surface area contributed by atoms with Gasteiger partial charge in [-0.15, -0.1) is 0 Å². The van der Waals surface area contributed by atoms with Crippen molar-refractivity contribution in [1.82, 2.24) is 4.90 Å². The molecule has 15 heavy (non-hydrogen) atoms. The van der Waals surface area contributed by atoms with Crippen LogP contribution in [0.4, 0.5) is 0 Å². The van der Waals surface area contributed by atoms with Crippen molar-refractivity contribution >= 4 is 21.8 Å². The number of rotatable bonds is 2. The standard InChI is InChI=1S/C12H14BrNO/c1-14(2)12(15)11-7-10(11)8-3-5-9(13)6-4-8/h3-6,10-11H,7H2,1-2H3/t10-,11-/m1/s1. The molecule has 3 heteroatoms. The molecule has 0 spiro atoms. The topological polar surface area (TPSA) is 20.3 Å². The van der Waals surface area contributed by atoms with Crippen LogP contribution in [-0.2, 0) is 4.79 Å². The molecule has 1 aromatic rings. The van der Waals surface area contributed by atoms with E-state index in [4.69, 9.17) is 0 Å². The fourth-order valence-electron chi connectivity index (χ4n) is 1.88. The molecule has 1 fully saturated rings. The van der Waals surface area contributed by atoms with E-state index in [-0.39, 0.29) is 11.8 Å². The van der Waals surface area contributed by atoms with Crippen molar-refractivity contribution in [3.8, 4) is 0 Å². The fraction of sp³-hybridized carbons (Fsp3) is 0.417. The van der Waals surface area contributed by atoms with Gasteiger partial charge in [0.05, 0.1) is 0 Å². The quantitative estimate of drug-likeness (QED) is 0.807. The number of benzene rings is 1. The van der Waals surface area contributed by atoms with Crippen LogP contribution in [0.2, 0.25) is 0 Å². The summed E-state index contributed by atoms with van der Waals surface area (Å²) in [5.41, 5.74) is 1.28. The second-order valence-electron chi connectivity index (χ2n) is 4.23. The first-order valence-electron chi connectivity index (χ1n) is 5.06. The van der Waals surface area contributed by atoms with Crippen LogP contribution in [-0.4, -0.2) is 24.9 Å². The third-order valence-electron chi connectivity index (χ3n) is 2.85. The lowest BCUT2D eigenvalue weighted by Gasteiger charge is -2.09. The number of carbonyl (C=O) groups excluding carboxylic acids is 1. The van der Waals surface area contributed by atoms with Crippen LogP contribution in [0.3, 0.4) is 0 Å². The second-order valence-corrected chi connectivity index (χ2v) is 5.15. The number of halogens is 1. The van der Waals surface area contributed by atoms with Crippen LogP contribution in [0.5, 0.6) is 0 Å². The molecular weight excluding hydrogens is 254 g/mol. The molecule has 0 saturated heterocycles. The van der Waals surface area contributed by atoms with Crippen LogP contribution >= 0.6 is 15.9 Å². The smallest absolute Gasteiger partial charge is 0.225 e. The zero-order valence-electron chi connectivity index (χ0n) is 8.90. The van der Waals surface area contributed by atoms with Gasteiger partial charge in [0.25, 0.3) is 0 Å². The molecule has 0 heterocycles. The molecule has 2 rings (SSSR count). The predicted molar refractivity (Wildman–Crippen MR) is 63.7 cm³/mol. The van der Waals surface area contributed by atoms with Crippen molar-refractivity contribution in [3.63, 3.8) is 0 Å². The maximum absolute atomic E-state index is 11.7. The minimum atomic E-state index is 0.209. The van der Waals surface area contributed by atoms with E-state index >= 15 is 0 Å². The minimum absolute atomic E-state index is 0.209. The molecule has 0 N–H and O–H groups in total. The Kier molecular flexibility index (Phi) is 2.83. The van der Waals surface area contributed by atoms with Crippen molar-refractivity contribution in [2.24, 2.45) is 5.92 Å². The third kappa shape index (κ3) is 2.23. The Hall–Kier alpha value is -0.830. The molecule has 1 amide bonds. The van der Waals surface area contributed by atoms with Crippen molar-refractivity contribution < 1.29 is 4.79 Å². The first-order chi connectivity index (χ1) is 7.09. The minimum Gasteiger partial charge on any atom is -0.349 e. The summed E-state index contributed by atoms with van der Waals surface area (Å²) in [7, 11) is 3.64. The normalized spacial score (nSPS) is 23.7. The van der Waals surface area contributed by atoms with E-state index in [1.165, 1.54) is 5.56 Å². The SMILES string of the molecule is CN(C)C(=O)[C@@H]1C[C@@H]1c1ccc(Br)cc1. The average molecular weight is 268 g/mol. The van der Waals surface area contributed by atoms with Crippen molar-refractivity contribution in [1.29, 1.82) is 0 Å². The Bertz CT molecular complexity index is 372. The molecule has 2 atom stereocenters. The molecule has 0 bridgehead atoms. The van der Waals surface area contributed by atoms with Gasteiger partial charge >= 0.3 is 0 Å². The zero-order valence-corrected chi connectivity index (χ0v) is 10.5. The number of hydrogen-bond donors (Lipinski definition) is 0. The summed E-state index contributed by atoms with van der Waals surface area (Å²) in [6, 6.07) is 8.26. The summed E-state index contributed by atoms with van der Waals surface area (Å²) in [4.78, 5) is 13.4. The lowest BCUT2D eigenvalue weighted by Crippen LogP contribution is -2.23. The molecule has 1 aliphatic rings. The van der Waals surface area contributed by atoms with E-state index in [1.54, 1.807) is 4.90 Å². The van der Waals surface area contributed by atoms with Gasteiger partial charge in [0.1, 0.15) is 0 Å². The molecule has 0 aliphatic heterocycles. The Morgan fingerprint density at radius 1 is 1.33 bits per heavy atom. The highest BCUT2D eigenvalue weighted by Crippen LogP contribution is 2.48. The van der Waals surface area contributed by atoms with Crippen molar-refractivity contribution in [2.45, 2.75) is 12.3 Å². The first-order valence-corrected chi connectivity index (χ1v) is 5.85. The largest absolute Gasteiger partial charge is 0.349 e. The van der Waals surface area contributed by atoms with E-state index < -0.39 is 0 Å². The van der Waals surface area contributed by atoms with Gasteiger partial charge in [-0.3, -0.25) is 4.79 Å². The van der Waals surface area contributed by atoms with Crippen LogP contribution in [0.1, 0.15) is 17.9 Å². The molecule has 0 radical (unpaired) electrons.